The number of benzene rings is 2. The third kappa shape index (κ3) is 2.51. The minimum atomic E-state index is 0.680. The Labute approximate surface area is 139 Å². The monoisotopic (exact) mass is 325 g/mol. The largest absolute Gasteiger partial charge is 0.493 e. The van der Waals surface area contributed by atoms with Crippen molar-refractivity contribution in [3.63, 3.8) is 0 Å². The average Bonchev–Trinajstić information content (AvgIpc) is 3.05. The maximum atomic E-state index is 6.60. The molecule has 0 bridgehead atoms. The summed E-state index contributed by atoms with van der Waals surface area (Å²) in [7, 11) is 1.63. The molecule has 1 heterocycles. The smallest absolute Gasteiger partial charge is 0.169 e. The van der Waals surface area contributed by atoms with Gasteiger partial charge in [0.15, 0.2) is 11.5 Å². The van der Waals surface area contributed by atoms with E-state index in [1.807, 2.05) is 42.5 Å². The zero-order valence-corrected chi connectivity index (χ0v) is 13.6. The lowest BCUT2D eigenvalue weighted by Crippen LogP contribution is -1.93. The van der Waals surface area contributed by atoms with Crippen molar-refractivity contribution < 1.29 is 9.47 Å². The lowest BCUT2D eigenvalue weighted by molar-refractivity contribution is 0.379. The number of methoxy groups -OCH3 is 1. The van der Waals surface area contributed by atoms with Crippen molar-refractivity contribution in [2.45, 2.75) is 19.3 Å². The molecule has 3 nitrogen and oxygen atoms in total. The minimum absolute atomic E-state index is 0.680. The summed E-state index contributed by atoms with van der Waals surface area (Å²) < 4.78 is 11.3. The Balaban J connectivity index is 1.77. The van der Waals surface area contributed by atoms with Gasteiger partial charge >= 0.3 is 0 Å². The van der Waals surface area contributed by atoms with Crippen molar-refractivity contribution in [3.05, 3.63) is 58.7 Å². The summed E-state index contributed by atoms with van der Waals surface area (Å²) in [6.07, 6.45) is 3.15. The maximum absolute atomic E-state index is 6.60. The van der Waals surface area contributed by atoms with Crippen LogP contribution in [0.15, 0.2) is 42.5 Å². The van der Waals surface area contributed by atoms with Crippen LogP contribution in [0.25, 0.3) is 10.9 Å². The van der Waals surface area contributed by atoms with Crippen molar-refractivity contribution in [1.82, 2.24) is 4.98 Å². The van der Waals surface area contributed by atoms with Crippen molar-refractivity contribution in [1.29, 1.82) is 0 Å². The highest BCUT2D eigenvalue weighted by Gasteiger charge is 2.18. The van der Waals surface area contributed by atoms with Crippen molar-refractivity contribution >= 4 is 22.5 Å². The fourth-order valence-corrected chi connectivity index (χ4v) is 3.43. The van der Waals surface area contributed by atoms with E-state index in [4.69, 9.17) is 26.1 Å². The molecule has 1 aliphatic carbocycles. The minimum Gasteiger partial charge on any atom is -0.493 e. The first kappa shape index (κ1) is 14.3. The van der Waals surface area contributed by atoms with Crippen LogP contribution in [0.5, 0.6) is 17.2 Å². The lowest BCUT2D eigenvalue weighted by Gasteiger charge is -2.12. The van der Waals surface area contributed by atoms with Crippen molar-refractivity contribution in [2.75, 3.05) is 7.11 Å². The second-order valence-corrected chi connectivity index (χ2v) is 6.01. The highest BCUT2D eigenvalue weighted by Crippen LogP contribution is 2.37. The van der Waals surface area contributed by atoms with E-state index in [2.05, 4.69) is 0 Å². The summed E-state index contributed by atoms with van der Waals surface area (Å²) in [4.78, 5) is 4.73. The molecule has 0 spiro atoms. The van der Waals surface area contributed by atoms with E-state index in [1.54, 1.807) is 7.11 Å². The van der Waals surface area contributed by atoms with E-state index in [0.29, 0.717) is 11.5 Å². The number of aromatic nitrogens is 1. The third-order valence-electron chi connectivity index (χ3n) is 4.21. The molecule has 3 aromatic rings. The van der Waals surface area contributed by atoms with E-state index in [-0.39, 0.29) is 0 Å². The van der Waals surface area contributed by atoms with E-state index in [1.165, 1.54) is 5.56 Å². The number of rotatable bonds is 3. The molecular weight excluding hydrogens is 310 g/mol. The summed E-state index contributed by atoms with van der Waals surface area (Å²) >= 11 is 6.60. The van der Waals surface area contributed by atoms with Gasteiger partial charge in [0, 0.05) is 11.1 Å². The first-order valence-corrected chi connectivity index (χ1v) is 8.06. The van der Waals surface area contributed by atoms with Gasteiger partial charge in [0.1, 0.15) is 5.75 Å². The first-order valence-electron chi connectivity index (χ1n) is 7.68. The molecule has 0 unspecified atom stereocenters. The lowest BCUT2D eigenvalue weighted by atomic mass is 10.1. The molecule has 0 aliphatic heterocycles. The van der Waals surface area contributed by atoms with Gasteiger partial charge < -0.3 is 9.47 Å². The predicted octanol–water partition coefficient (Wildman–Crippen LogP) is 5.18. The number of aryl methyl sites for hydroxylation is 1. The second-order valence-electron chi connectivity index (χ2n) is 5.64. The number of ether oxygens (including phenoxy) is 2. The van der Waals surface area contributed by atoms with Gasteiger partial charge in [-0.05, 0) is 55.2 Å². The topological polar surface area (TPSA) is 31.4 Å². The predicted molar refractivity (Wildman–Crippen MR) is 91.8 cm³/mol. The van der Waals surface area contributed by atoms with Crippen LogP contribution < -0.4 is 9.47 Å². The van der Waals surface area contributed by atoms with Crippen LogP contribution in [0.3, 0.4) is 0 Å². The van der Waals surface area contributed by atoms with Crippen LogP contribution in [-0.2, 0) is 12.8 Å². The Kier molecular flexibility index (Phi) is 3.58. The molecule has 4 rings (SSSR count). The van der Waals surface area contributed by atoms with Gasteiger partial charge in [-0.15, -0.1) is 0 Å². The number of fused-ring (bicyclic) bond motifs is 2. The van der Waals surface area contributed by atoms with E-state index < -0.39 is 0 Å². The van der Waals surface area contributed by atoms with Crippen LogP contribution in [0.2, 0.25) is 5.02 Å². The van der Waals surface area contributed by atoms with E-state index in [0.717, 1.165) is 46.6 Å². The Morgan fingerprint density at radius 1 is 1.04 bits per heavy atom. The highest BCUT2D eigenvalue weighted by atomic mass is 35.5. The summed E-state index contributed by atoms with van der Waals surface area (Å²) in [5.41, 5.74) is 3.25. The molecule has 2 aromatic carbocycles. The van der Waals surface area contributed by atoms with Gasteiger partial charge in [-0.2, -0.15) is 0 Å². The molecule has 4 heteroatoms. The van der Waals surface area contributed by atoms with Gasteiger partial charge in [-0.1, -0.05) is 23.7 Å². The zero-order chi connectivity index (χ0) is 15.8. The van der Waals surface area contributed by atoms with Crippen LogP contribution in [0.1, 0.15) is 17.7 Å². The first-order chi connectivity index (χ1) is 11.3. The van der Waals surface area contributed by atoms with Gasteiger partial charge in [0.2, 0.25) is 0 Å². The van der Waals surface area contributed by atoms with Crippen LogP contribution >= 0.6 is 11.6 Å². The second kappa shape index (κ2) is 5.74. The summed E-state index contributed by atoms with van der Waals surface area (Å²) in [5.74, 6) is 2.11. The molecule has 0 saturated carbocycles. The van der Waals surface area contributed by atoms with Crippen molar-refractivity contribution in [2.24, 2.45) is 0 Å². The molecule has 116 valence electrons. The Bertz CT molecular complexity index is 892. The number of nitrogens with zero attached hydrogens (tertiary/aromatic N) is 1. The SMILES string of the molecule is COc1ccccc1Oc1ccc2nc3c(c(Cl)c2c1)CCC3. The molecule has 1 aromatic heterocycles. The van der Waals surface area contributed by atoms with Gasteiger partial charge in [0.25, 0.3) is 0 Å². The fraction of sp³-hybridized carbons (Fsp3) is 0.211. The van der Waals surface area contributed by atoms with Gasteiger partial charge in [-0.25, -0.2) is 0 Å². The average molecular weight is 326 g/mol. The zero-order valence-electron chi connectivity index (χ0n) is 12.8. The number of para-hydroxylation sites is 2. The normalized spacial score (nSPS) is 13.1. The molecule has 23 heavy (non-hydrogen) atoms. The van der Waals surface area contributed by atoms with E-state index in [9.17, 15) is 0 Å². The van der Waals surface area contributed by atoms with Crippen LogP contribution in [0.4, 0.5) is 0 Å². The summed E-state index contributed by atoms with van der Waals surface area (Å²) in [6, 6.07) is 13.4. The quantitative estimate of drug-likeness (QED) is 0.665. The Hall–Kier alpha value is -2.26. The molecule has 0 radical (unpaired) electrons. The molecule has 0 atom stereocenters. The Morgan fingerprint density at radius 2 is 1.87 bits per heavy atom. The van der Waals surface area contributed by atoms with Gasteiger partial charge in [-0.3, -0.25) is 4.98 Å². The van der Waals surface area contributed by atoms with Gasteiger partial charge in [0.05, 0.1) is 17.6 Å². The third-order valence-corrected chi connectivity index (χ3v) is 4.64. The van der Waals surface area contributed by atoms with Crippen LogP contribution in [-0.4, -0.2) is 12.1 Å². The van der Waals surface area contributed by atoms with E-state index >= 15 is 0 Å². The molecule has 1 aliphatic rings. The summed E-state index contributed by atoms with van der Waals surface area (Å²) in [6.45, 7) is 0. The number of hydrogen-bond donors (Lipinski definition) is 0. The number of halogens is 1. The molecular formula is C19H16ClNO2. The molecule has 0 fully saturated rings. The fourth-order valence-electron chi connectivity index (χ4n) is 3.08. The number of hydrogen-bond acceptors (Lipinski definition) is 3. The molecule has 0 amide bonds. The highest BCUT2D eigenvalue weighted by molar-refractivity contribution is 6.36. The summed E-state index contributed by atoms with van der Waals surface area (Å²) in [5, 5.41) is 1.76. The Morgan fingerprint density at radius 3 is 2.70 bits per heavy atom. The van der Waals surface area contributed by atoms with Crippen LogP contribution in [0, 0.1) is 0 Å². The molecule has 0 saturated heterocycles. The number of pyridine rings is 1. The standard InChI is InChI=1S/C19H16ClNO2/c1-22-17-7-2-3-8-18(17)23-12-9-10-16-14(11-12)19(20)13-5-4-6-15(13)21-16/h2-3,7-11H,4-6H2,1H3. The molecule has 0 N–H and O–H groups in total. The van der Waals surface area contributed by atoms with Crippen molar-refractivity contribution in [3.8, 4) is 17.2 Å². The maximum Gasteiger partial charge on any atom is 0.169 e.